The first-order valence-electron chi connectivity index (χ1n) is 10.6. The van der Waals surface area contributed by atoms with Crippen molar-refractivity contribution in [2.24, 2.45) is 0 Å². The lowest BCUT2D eigenvalue weighted by Crippen LogP contribution is -2.51. The number of aromatic nitrogens is 2. The van der Waals surface area contributed by atoms with E-state index in [1.54, 1.807) is 12.4 Å². The van der Waals surface area contributed by atoms with Gasteiger partial charge in [0.25, 0.3) is 5.91 Å². The van der Waals surface area contributed by atoms with Crippen molar-refractivity contribution in [2.45, 2.75) is 39.7 Å². The Morgan fingerprint density at radius 2 is 1.90 bits per heavy atom. The highest BCUT2D eigenvalue weighted by atomic mass is 16.2. The summed E-state index contributed by atoms with van der Waals surface area (Å²) in [5.74, 6) is -1.13. The number of rotatable bonds is 6. The summed E-state index contributed by atoms with van der Waals surface area (Å²) in [4.78, 5) is 46.4. The number of imide groups is 1. The molecule has 0 aliphatic carbocycles. The van der Waals surface area contributed by atoms with E-state index in [4.69, 9.17) is 0 Å². The van der Waals surface area contributed by atoms with E-state index in [0.717, 1.165) is 56.3 Å². The molecule has 3 amide bonds. The molecule has 3 rings (SSSR count). The molecule has 30 heavy (non-hydrogen) atoms. The Balaban J connectivity index is 1.72. The Morgan fingerprint density at radius 1 is 1.20 bits per heavy atom. The van der Waals surface area contributed by atoms with E-state index in [1.807, 2.05) is 0 Å². The molecule has 9 heteroatoms. The zero-order valence-corrected chi connectivity index (χ0v) is 18.3. The molecule has 0 saturated carbocycles. The summed E-state index contributed by atoms with van der Waals surface area (Å²) in [6.07, 6.45) is 4.40. The van der Waals surface area contributed by atoms with Gasteiger partial charge < -0.3 is 19.7 Å². The van der Waals surface area contributed by atoms with E-state index in [1.165, 1.54) is 6.92 Å². The first-order valence-corrected chi connectivity index (χ1v) is 10.6. The van der Waals surface area contributed by atoms with Crippen molar-refractivity contribution in [3.05, 3.63) is 23.4 Å². The molecule has 1 aromatic rings. The fourth-order valence-electron chi connectivity index (χ4n) is 3.95. The third kappa shape index (κ3) is 5.14. The molecule has 164 valence electrons. The van der Waals surface area contributed by atoms with E-state index in [9.17, 15) is 14.4 Å². The molecule has 1 N–H and O–H groups in total. The Bertz CT molecular complexity index is 836. The zero-order valence-electron chi connectivity index (χ0n) is 18.3. The van der Waals surface area contributed by atoms with Crippen LogP contribution in [0.5, 0.6) is 0 Å². The van der Waals surface area contributed by atoms with Gasteiger partial charge in [-0.3, -0.25) is 19.3 Å². The summed E-state index contributed by atoms with van der Waals surface area (Å²) in [5.41, 5.74) is 1.76. The van der Waals surface area contributed by atoms with Gasteiger partial charge in [0.15, 0.2) is 0 Å². The van der Waals surface area contributed by atoms with E-state index < -0.39 is 11.8 Å². The third-order valence-corrected chi connectivity index (χ3v) is 5.64. The van der Waals surface area contributed by atoms with E-state index in [2.05, 4.69) is 45.6 Å². The SMILES string of the molecule is CC(=O)N1CC(=O)N/C(=C\c2ncn(CCCN3CCN(C)CC3)c2C(C)C)C1=O. The zero-order chi connectivity index (χ0) is 21.8. The molecule has 0 radical (unpaired) electrons. The Hall–Kier alpha value is -2.52. The van der Waals surface area contributed by atoms with Crippen molar-refractivity contribution < 1.29 is 14.4 Å². The summed E-state index contributed by atoms with van der Waals surface area (Å²) < 4.78 is 2.13. The predicted molar refractivity (Wildman–Crippen MR) is 113 cm³/mol. The van der Waals surface area contributed by atoms with Gasteiger partial charge in [-0.15, -0.1) is 0 Å². The molecular formula is C21H32N6O3. The van der Waals surface area contributed by atoms with Crippen molar-refractivity contribution in [3.8, 4) is 0 Å². The quantitative estimate of drug-likeness (QED) is 0.679. The normalized spacial score (nSPS) is 20.3. The van der Waals surface area contributed by atoms with Gasteiger partial charge in [0.05, 0.1) is 12.0 Å². The van der Waals surface area contributed by atoms with Gasteiger partial charge in [0, 0.05) is 45.3 Å². The minimum absolute atomic E-state index is 0.0889. The summed E-state index contributed by atoms with van der Waals surface area (Å²) in [6.45, 7) is 11.5. The van der Waals surface area contributed by atoms with Gasteiger partial charge in [-0.25, -0.2) is 4.98 Å². The maximum atomic E-state index is 12.6. The van der Waals surface area contributed by atoms with Crippen LogP contribution in [-0.2, 0) is 20.9 Å². The first-order chi connectivity index (χ1) is 14.3. The third-order valence-electron chi connectivity index (χ3n) is 5.64. The summed E-state index contributed by atoms with van der Waals surface area (Å²) in [6, 6.07) is 0. The highest BCUT2D eigenvalue weighted by Gasteiger charge is 2.31. The summed E-state index contributed by atoms with van der Waals surface area (Å²) in [7, 11) is 2.16. The number of hydrogen-bond donors (Lipinski definition) is 1. The largest absolute Gasteiger partial charge is 0.334 e. The van der Waals surface area contributed by atoms with Crippen LogP contribution < -0.4 is 5.32 Å². The van der Waals surface area contributed by atoms with Gasteiger partial charge >= 0.3 is 0 Å². The van der Waals surface area contributed by atoms with Crippen LogP contribution in [0.15, 0.2) is 12.0 Å². The Kier molecular flexibility index (Phi) is 7.04. The molecular weight excluding hydrogens is 384 g/mol. The minimum Gasteiger partial charge on any atom is -0.334 e. The average Bonchev–Trinajstić information content (AvgIpc) is 3.08. The lowest BCUT2D eigenvalue weighted by Gasteiger charge is -2.32. The molecule has 3 heterocycles. The van der Waals surface area contributed by atoms with Crippen molar-refractivity contribution >= 4 is 23.8 Å². The van der Waals surface area contributed by atoms with Crippen molar-refractivity contribution in [1.29, 1.82) is 0 Å². The van der Waals surface area contributed by atoms with Crippen molar-refractivity contribution in [3.63, 3.8) is 0 Å². The molecule has 0 unspecified atom stereocenters. The van der Waals surface area contributed by atoms with Crippen molar-refractivity contribution in [1.82, 2.24) is 29.6 Å². The van der Waals surface area contributed by atoms with E-state index >= 15 is 0 Å². The number of carbonyl (C=O) groups is 3. The minimum atomic E-state index is -0.499. The van der Waals surface area contributed by atoms with Crippen LogP contribution in [0.25, 0.3) is 6.08 Å². The first kappa shape index (κ1) is 22.2. The fourth-order valence-corrected chi connectivity index (χ4v) is 3.95. The number of piperazine rings is 2. The number of carbonyl (C=O) groups excluding carboxylic acids is 3. The molecule has 0 atom stereocenters. The molecule has 2 aliphatic heterocycles. The summed E-state index contributed by atoms with van der Waals surface area (Å²) in [5, 5.41) is 2.58. The molecule has 0 aromatic carbocycles. The number of amides is 3. The van der Waals surface area contributed by atoms with Crippen LogP contribution in [0.3, 0.4) is 0 Å². The molecule has 0 bridgehead atoms. The van der Waals surface area contributed by atoms with Gasteiger partial charge in [-0.1, -0.05) is 13.8 Å². The molecule has 2 fully saturated rings. The Morgan fingerprint density at radius 3 is 2.53 bits per heavy atom. The Labute approximate surface area is 177 Å². The molecule has 1 aromatic heterocycles. The van der Waals surface area contributed by atoms with Crippen LogP contribution in [-0.4, -0.2) is 88.3 Å². The molecule has 2 saturated heterocycles. The number of imidazole rings is 1. The second-order valence-corrected chi connectivity index (χ2v) is 8.38. The number of hydrogen-bond acceptors (Lipinski definition) is 6. The van der Waals surface area contributed by atoms with Crippen LogP contribution in [0.2, 0.25) is 0 Å². The molecule has 2 aliphatic rings. The second kappa shape index (κ2) is 9.53. The highest BCUT2D eigenvalue weighted by Crippen LogP contribution is 2.22. The van der Waals surface area contributed by atoms with Gasteiger partial charge in [0.1, 0.15) is 12.2 Å². The van der Waals surface area contributed by atoms with Gasteiger partial charge in [-0.2, -0.15) is 0 Å². The van der Waals surface area contributed by atoms with Crippen molar-refractivity contribution in [2.75, 3.05) is 46.3 Å². The number of likely N-dealkylation sites (N-methyl/N-ethyl adjacent to an activating group) is 1. The van der Waals surface area contributed by atoms with E-state index in [-0.39, 0.29) is 24.1 Å². The highest BCUT2D eigenvalue weighted by molar-refractivity contribution is 6.12. The second-order valence-electron chi connectivity index (χ2n) is 8.38. The van der Waals surface area contributed by atoms with Crippen LogP contribution in [0, 0.1) is 0 Å². The molecule has 0 spiro atoms. The van der Waals surface area contributed by atoms with Gasteiger partial charge in [0.2, 0.25) is 11.8 Å². The lowest BCUT2D eigenvalue weighted by atomic mass is 10.1. The maximum absolute atomic E-state index is 12.6. The van der Waals surface area contributed by atoms with Gasteiger partial charge in [-0.05, 0) is 32.0 Å². The number of nitrogens with zero attached hydrogens (tertiary/aromatic N) is 5. The average molecular weight is 417 g/mol. The number of aryl methyl sites for hydroxylation is 1. The predicted octanol–water partition coefficient (Wildman–Crippen LogP) is 0.490. The van der Waals surface area contributed by atoms with E-state index in [0.29, 0.717) is 5.69 Å². The topological polar surface area (TPSA) is 90.8 Å². The van der Waals surface area contributed by atoms with Crippen LogP contribution >= 0.6 is 0 Å². The summed E-state index contributed by atoms with van der Waals surface area (Å²) >= 11 is 0. The van der Waals surface area contributed by atoms with Crippen LogP contribution in [0.4, 0.5) is 0 Å². The lowest BCUT2D eigenvalue weighted by molar-refractivity contribution is -0.147. The maximum Gasteiger partial charge on any atom is 0.277 e. The standard InChI is InChI=1S/C21H32N6O3/c1-15(2)20-17(12-18-21(30)27(16(3)28)13-19(29)23-18)22-14-26(20)7-5-6-25-10-8-24(4)9-11-25/h12,14-15H,5-11,13H2,1-4H3,(H,23,29)/b18-12-. The monoisotopic (exact) mass is 416 g/mol. The molecule has 9 nitrogen and oxygen atoms in total. The van der Waals surface area contributed by atoms with Crippen LogP contribution in [0.1, 0.15) is 44.5 Å². The number of nitrogens with one attached hydrogen (secondary N) is 1. The fraction of sp³-hybridized carbons (Fsp3) is 0.619. The smallest absolute Gasteiger partial charge is 0.277 e.